The molecule has 0 bridgehead atoms. The van der Waals surface area contributed by atoms with E-state index >= 15 is 0 Å². The van der Waals surface area contributed by atoms with Crippen LogP contribution in [0.25, 0.3) is 0 Å². The van der Waals surface area contributed by atoms with E-state index in [9.17, 15) is 4.79 Å². The lowest BCUT2D eigenvalue weighted by Gasteiger charge is -2.15. The molecule has 124 valence electrons. The second-order valence-corrected chi connectivity index (χ2v) is 5.33. The highest BCUT2D eigenvalue weighted by Crippen LogP contribution is 2.13. The van der Waals surface area contributed by atoms with Crippen LogP contribution in [-0.4, -0.2) is 38.0 Å². The molecule has 0 aliphatic heterocycles. The average molecular weight is 299 g/mol. The van der Waals surface area contributed by atoms with Crippen molar-refractivity contribution in [2.75, 3.05) is 26.2 Å². The summed E-state index contributed by atoms with van der Waals surface area (Å²) in [5.41, 5.74) is 10.5. The lowest BCUT2D eigenvalue weighted by Crippen LogP contribution is -2.33. The third kappa shape index (κ3) is 12.2. The van der Waals surface area contributed by atoms with Crippen molar-refractivity contribution in [3.63, 3.8) is 0 Å². The van der Waals surface area contributed by atoms with Gasteiger partial charge in [0.05, 0.1) is 0 Å². The van der Waals surface area contributed by atoms with Gasteiger partial charge >= 0.3 is 0 Å². The number of amides is 1. The second-order valence-electron chi connectivity index (χ2n) is 5.33. The van der Waals surface area contributed by atoms with Gasteiger partial charge in [0.1, 0.15) is 0 Å². The number of aliphatic imine (C=N–C) groups is 1. The van der Waals surface area contributed by atoms with Gasteiger partial charge in [-0.1, -0.05) is 26.7 Å². The molecule has 6 heteroatoms. The monoisotopic (exact) mass is 299 g/mol. The van der Waals surface area contributed by atoms with Crippen LogP contribution in [0.5, 0.6) is 0 Å². The van der Waals surface area contributed by atoms with Crippen molar-refractivity contribution in [3.05, 3.63) is 0 Å². The van der Waals surface area contributed by atoms with E-state index in [1.54, 1.807) is 0 Å². The molecule has 0 radical (unpaired) electrons. The van der Waals surface area contributed by atoms with Crippen molar-refractivity contribution in [2.45, 2.75) is 52.4 Å². The molecule has 0 atom stereocenters. The average Bonchev–Trinajstić information content (AvgIpc) is 2.44. The summed E-state index contributed by atoms with van der Waals surface area (Å²) >= 11 is 0. The molecule has 0 fully saturated rings. The molecule has 0 aromatic rings. The number of carbonyl (C=O) groups excluding carboxylic acids is 1. The van der Waals surface area contributed by atoms with E-state index in [0.29, 0.717) is 6.54 Å². The van der Waals surface area contributed by atoms with Crippen molar-refractivity contribution >= 4 is 11.9 Å². The van der Waals surface area contributed by atoms with Gasteiger partial charge in [-0.2, -0.15) is 0 Å². The van der Waals surface area contributed by atoms with Crippen LogP contribution in [0.3, 0.4) is 0 Å². The van der Waals surface area contributed by atoms with Gasteiger partial charge in [0, 0.05) is 19.0 Å². The van der Waals surface area contributed by atoms with E-state index in [1.165, 1.54) is 0 Å². The minimum atomic E-state index is 0.145. The van der Waals surface area contributed by atoms with Gasteiger partial charge in [0.15, 0.2) is 5.96 Å². The summed E-state index contributed by atoms with van der Waals surface area (Å²) in [6, 6.07) is 0. The number of rotatable bonds is 13. The highest BCUT2D eigenvalue weighted by Gasteiger charge is 2.15. The fourth-order valence-electron chi connectivity index (χ4n) is 2.21. The summed E-state index contributed by atoms with van der Waals surface area (Å²) in [6.45, 7) is 7.43. The molecule has 6 nitrogen and oxygen atoms in total. The number of nitrogens with zero attached hydrogens (tertiary/aromatic N) is 1. The zero-order valence-corrected chi connectivity index (χ0v) is 13.7. The van der Waals surface area contributed by atoms with Gasteiger partial charge in [-0.3, -0.25) is 9.79 Å². The first-order valence-corrected chi connectivity index (χ1v) is 8.15. The number of hydrogen-bond donors (Lipinski definition) is 4. The number of guanidine groups is 1. The Balaban J connectivity index is 3.52. The summed E-state index contributed by atoms with van der Waals surface area (Å²) < 4.78 is 0. The minimum Gasteiger partial charge on any atom is -0.370 e. The Labute approximate surface area is 129 Å². The van der Waals surface area contributed by atoms with E-state index in [-0.39, 0.29) is 17.8 Å². The SMILES string of the molecule is CCCC(CCC)C(=O)NCCCNCCCN=C(N)N. The lowest BCUT2D eigenvalue weighted by molar-refractivity contribution is -0.125. The van der Waals surface area contributed by atoms with E-state index in [2.05, 4.69) is 29.5 Å². The Kier molecular flexibility index (Phi) is 12.8. The number of carbonyl (C=O) groups is 1. The minimum absolute atomic E-state index is 0.145. The van der Waals surface area contributed by atoms with Crippen LogP contribution in [0.1, 0.15) is 52.4 Å². The zero-order chi connectivity index (χ0) is 15.9. The zero-order valence-electron chi connectivity index (χ0n) is 13.7. The van der Waals surface area contributed by atoms with Gasteiger partial charge in [0.25, 0.3) is 0 Å². The fourth-order valence-corrected chi connectivity index (χ4v) is 2.21. The molecule has 0 aromatic heterocycles. The predicted octanol–water partition coefficient (Wildman–Crippen LogP) is 0.962. The Morgan fingerprint density at radius 1 is 1.05 bits per heavy atom. The Morgan fingerprint density at radius 3 is 2.24 bits per heavy atom. The molecule has 1 amide bonds. The molecule has 0 aliphatic carbocycles. The van der Waals surface area contributed by atoms with Crippen molar-refractivity contribution < 1.29 is 4.79 Å². The third-order valence-electron chi connectivity index (χ3n) is 3.28. The van der Waals surface area contributed by atoms with Crippen molar-refractivity contribution in [2.24, 2.45) is 22.4 Å². The summed E-state index contributed by atoms with van der Waals surface area (Å²) in [4.78, 5) is 15.9. The Bertz CT molecular complexity index is 284. The van der Waals surface area contributed by atoms with E-state index in [1.807, 2.05) is 0 Å². The molecule has 0 aromatic carbocycles. The number of nitrogens with one attached hydrogen (secondary N) is 2. The Morgan fingerprint density at radius 2 is 1.67 bits per heavy atom. The van der Waals surface area contributed by atoms with Crippen molar-refractivity contribution in [1.82, 2.24) is 10.6 Å². The van der Waals surface area contributed by atoms with Gasteiger partial charge < -0.3 is 22.1 Å². The van der Waals surface area contributed by atoms with Crippen LogP contribution in [0.15, 0.2) is 4.99 Å². The fraction of sp³-hybridized carbons (Fsp3) is 0.867. The Hall–Kier alpha value is -1.30. The number of nitrogens with two attached hydrogens (primary N) is 2. The number of hydrogen-bond acceptors (Lipinski definition) is 3. The molecule has 0 saturated heterocycles. The predicted molar refractivity (Wildman–Crippen MR) is 89.1 cm³/mol. The maximum absolute atomic E-state index is 12.0. The summed E-state index contributed by atoms with van der Waals surface area (Å²) in [5.74, 6) is 0.547. The second kappa shape index (κ2) is 13.7. The topological polar surface area (TPSA) is 106 Å². The normalized spacial score (nSPS) is 10.6. The van der Waals surface area contributed by atoms with Crippen LogP contribution >= 0.6 is 0 Å². The highest BCUT2D eigenvalue weighted by atomic mass is 16.1. The van der Waals surface area contributed by atoms with Gasteiger partial charge in [-0.25, -0.2) is 0 Å². The van der Waals surface area contributed by atoms with Gasteiger partial charge in [-0.15, -0.1) is 0 Å². The van der Waals surface area contributed by atoms with Crippen LogP contribution < -0.4 is 22.1 Å². The van der Waals surface area contributed by atoms with Crippen LogP contribution in [0, 0.1) is 5.92 Å². The standard InChI is InChI=1S/C15H33N5O/c1-3-7-13(8-4-2)14(21)19-11-5-9-18-10-6-12-20-15(16)17/h13,18H,3-12H2,1-2H3,(H,19,21)(H4,16,17,20). The van der Waals surface area contributed by atoms with E-state index < -0.39 is 0 Å². The molecule has 0 rings (SSSR count). The van der Waals surface area contributed by atoms with Crippen LogP contribution in [0.2, 0.25) is 0 Å². The van der Waals surface area contributed by atoms with Crippen molar-refractivity contribution in [3.8, 4) is 0 Å². The molecule has 0 aliphatic rings. The summed E-state index contributed by atoms with van der Waals surface area (Å²) in [6.07, 6.45) is 5.97. The van der Waals surface area contributed by atoms with Gasteiger partial charge in [-0.05, 0) is 38.8 Å². The largest absolute Gasteiger partial charge is 0.370 e. The summed E-state index contributed by atoms with van der Waals surface area (Å²) in [5, 5.41) is 6.35. The molecule has 0 spiro atoms. The third-order valence-corrected chi connectivity index (χ3v) is 3.28. The quantitative estimate of drug-likeness (QED) is 0.231. The first kappa shape index (κ1) is 19.7. The maximum atomic E-state index is 12.0. The highest BCUT2D eigenvalue weighted by molar-refractivity contribution is 5.78. The molecular formula is C15H33N5O. The smallest absolute Gasteiger partial charge is 0.223 e. The van der Waals surface area contributed by atoms with E-state index in [4.69, 9.17) is 11.5 Å². The molecule has 0 saturated carbocycles. The molecule has 0 heterocycles. The van der Waals surface area contributed by atoms with Crippen LogP contribution in [-0.2, 0) is 4.79 Å². The molecule has 0 unspecified atom stereocenters. The molecule has 21 heavy (non-hydrogen) atoms. The van der Waals surface area contributed by atoms with Gasteiger partial charge in [0.2, 0.25) is 5.91 Å². The lowest BCUT2D eigenvalue weighted by atomic mass is 9.97. The first-order valence-electron chi connectivity index (χ1n) is 8.15. The molecule has 6 N–H and O–H groups in total. The van der Waals surface area contributed by atoms with E-state index in [0.717, 1.165) is 58.2 Å². The summed E-state index contributed by atoms with van der Waals surface area (Å²) in [7, 11) is 0. The molecular weight excluding hydrogens is 266 g/mol. The maximum Gasteiger partial charge on any atom is 0.223 e. The van der Waals surface area contributed by atoms with Crippen LogP contribution in [0.4, 0.5) is 0 Å². The van der Waals surface area contributed by atoms with Crippen molar-refractivity contribution in [1.29, 1.82) is 0 Å². The first-order chi connectivity index (χ1) is 10.1.